The van der Waals surface area contributed by atoms with Crippen molar-refractivity contribution in [3.05, 3.63) is 34.9 Å². The van der Waals surface area contributed by atoms with E-state index in [2.05, 4.69) is 5.32 Å². The molecule has 0 spiro atoms. The molecule has 110 valence electrons. The molecule has 2 N–H and O–H groups in total. The molecule has 2 amide bonds. The first-order valence-corrected chi connectivity index (χ1v) is 6.89. The van der Waals surface area contributed by atoms with Gasteiger partial charge < -0.3 is 15.3 Å². The third kappa shape index (κ3) is 4.83. The van der Waals surface area contributed by atoms with Gasteiger partial charge in [-0.2, -0.15) is 0 Å². The van der Waals surface area contributed by atoms with E-state index in [4.69, 9.17) is 16.7 Å². The van der Waals surface area contributed by atoms with E-state index >= 15 is 0 Å². The van der Waals surface area contributed by atoms with Crippen LogP contribution in [0.3, 0.4) is 0 Å². The van der Waals surface area contributed by atoms with Crippen molar-refractivity contribution in [1.29, 1.82) is 0 Å². The number of rotatable bonds is 7. The van der Waals surface area contributed by atoms with Gasteiger partial charge in [0.15, 0.2) is 0 Å². The minimum absolute atomic E-state index is 0.0931. The number of nitrogens with one attached hydrogen (secondary N) is 1. The average molecular weight is 299 g/mol. The number of carbonyl (C=O) groups excluding carboxylic acids is 2. The van der Waals surface area contributed by atoms with Crippen LogP contribution in [0.15, 0.2) is 24.3 Å². The van der Waals surface area contributed by atoms with E-state index in [9.17, 15) is 9.59 Å². The van der Waals surface area contributed by atoms with Crippen LogP contribution in [0.4, 0.5) is 0 Å². The highest BCUT2D eigenvalue weighted by Crippen LogP contribution is 2.14. The predicted molar refractivity (Wildman–Crippen MR) is 77.7 cm³/mol. The van der Waals surface area contributed by atoms with Crippen LogP contribution in [0.2, 0.25) is 5.02 Å². The molecule has 0 unspecified atom stereocenters. The van der Waals surface area contributed by atoms with E-state index in [1.165, 1.54) is 4.90 Å². The Kier molecular flexibility index (Phi) is 7.04. The molecule has 0 bridgehead atoms. The van der Waals surface area contributed by atoms with Gasteiger partial charge in [-0.3, -0.25) is 9.59 Å². The average Bonchev–Trinajstić information content (AvgIpc) is 2.44. The van der Waals surface area contributed by atoms with Gasteiger partial charge in [-0.15, -0.1) is 0 Å². The molecule has 1 rings (SSSR count). The number of nitrogens with zero attached hydrogens (tertiary/aromatic N) is 1. The van der Waals surface area contributed by atoms with Crippen molar-refractivity contribution in [2.24, 2.45) is 0 Å². The molecule has 0 atom stereocenters. The molecule has 0 heterocycles. The fourth-order valence-corrected chi connectivity index (χ4v) is 1.98. The summed E-state index contributed by atoms with van der Waals surface area (Å²) < 4.78 is 0. The highest BCUT2D eigenvalue weighted by Gasteiger charge is 2.15. The topological polar surface area (TPSA) is 69.6 Å². The molecular formula is C14H19ClN2O3. The number of halogens is 1. The summed E-state index contributed by atoms with van der Waals surface area (Å²) in [7, 11) is 0. The Hall–Kier alpha value is -1.59. The monoisotopic (exact) mass is 298 g/mol. The molecule has 0 aliphatic carbocycles. The maximum absolute atomic E-state index is 11.9. The normalized spacial score (nSPS) is 10.2. The maximum Gasteiger partial charge on any atom is 0.253 e. The Labute approximate surface area is 123 Å². The van der Waals surface area contributed by atoms with Crippen LogP contribution in [-0.2, 0) is 4.79 Å². The van der Waals surface area contributed by atoms with Crippen molar-refractivity contribution < 1.29 is 14.7 Å². The van der Waals surface area contributed by atoms with Crippen LogP contribution in [0, 0.1) is 0 Å². The van der Waals surface area contributed by atoms with E-state index in [1.807, 2.05) is 6.92 Å². The Morgan fingerprint density at radius 3 is 2.60 bits per heavy atom. The zero-order valence-corrected chi connectivity index (χ0v) is 12.2. The first kappa shape index (κ1) is 16.5. The Balaban J connectivity index is 2.55. The van der Waals surface area contributed by atoms with Crippen molar-refractivity contribution in [2.75, 3.05) is 26.2 Å². The quantitative estimate of drug-likeness (QED) is 0.797. The molecule has 0 saturated carbocycles. The highest BCUT2D eigenvalue weighted by atomic mass is 35.5. The van der Waals surface area contributed by atoms with E-state index < -0.39 is 0 Å². The lowest BCUT2D eigenvalue weighted by Crippen LogP contribution is -2.41. The third-order valence-corrected chi connectivity index (χ3v) is 3.06. The zero-order valence-electron chi connectivity index (χ0n) is 11.4. The van der Waals surface area contributed by atoms with E-state index in [-0.39, 0.29) is 31.5 Å². The second-order valence-electron chi connectivity index (χ2n) is 4.27. The number of aliphatic hydroxyl groups is 1. The van der Waals surface area contributed by atoms with Gasteiger partial charge in [0.1, 0.15) is 0 Å². The van der Waals surface area contributed by atoms with Crippen LogP contribution < -0.4 is 5.32 Å². The molecule has 1 aromatic rings. The molecule has 0 fully saturated rings. The van der Waals surface area contributed by atoms with Gasteiger partial charge in [0.2, 0.25) is 5.91 Å². The fourth-order valence-electron chi connectivity index (χ4n) is 1.76. The third-order valence-electron chi connectivity index (χ3n) is 2.73. The second kappa shape index (κ2) is 8.55. The number of hydrogen-bond donors (Lipinski definition) is 2. The molecule has 0 aromatic heterocycles. The second-order valence-corrected chi connectivity index (χ2v) is 4.67. The van der Waals surface area contributed by atoms with Gasteiger partial charge >= 0.3 is 0 Å². The van der Waals surface area contributed by atoms with Gasteiger partial charge in [0.25, 0.3) is 5.91 Å². The molecule has 0 aliphatic rings. The molecule has 0 radical (unpaired) electrons. The SMILES string of the molecule is CCCN(CCO)C(=O)CNC(=O)c1ccccc1Cl. The fraction of sp³-hybridized carbons (Fsp3) is 0.429. The first-order valence-electron chi connectivity index (χ1n) is 6.51. The summed E-state index contributed by atoms with van der Waals surface area (Å²) in [4.78, 5) is 25.3. The standard InChI is InChI=1S/C14H19ClN2O3/c1-2-7-17(8-9-18)13(19)10-16-14(20)11-5-3-4-6-12(11)15/h3-6,18H,2,7-10H2,1H3,(H,16,20). The zero-order chi connectivity index (χ0) is 15.0. The number of amides is 2. The Morgan fingerprint density at radius 2 is 2.00 bits per heavy atom. The van der Waals surface area contributed by atoms with Crippen LogP contribution in [0.1, 0.15) is 23.7 Å². The molecule has 20 heavy (non-hydrogen) atoms. The van der Waals surface area contributed by atoms with Gasteiger partial charge in [-0.1, -0.05) is 30.7 Å². The molecule has 0 aliphatic heterocycles. The number of aliphatic hydroxyl groups excluding tert-OH is 1. The van der Waals surface area contributed by atoms with Crippen LogP contribution in [0.5, 0.6) is 0 Å². The van der Waals surface area contributed by atoms with Gasteiger partial charge in [-0.05, 0) is 18.6 Å². The van der Waals surface area contributed by atoms with Crippen molar-refractivity contribution in [2.45, 2.75) is 13.3 Å². The smallest absolute Gasteiger partial charge is 0.253 e. The summed E-state index contributed by atoms with van der Waals surface area (Å²) in [6.45, 7) is 2.57. The summed E-state index contributed by atoms with van der Waals surface area (Å²) in [6.07, 6.45) is 0.796. The molecular weight excluding hydrogens is 280 g/mol. The number of benzene rings is 1. The van der Waals surface area contributed by atoms with Crippen LogP contribution in [-0.4, -0.2) is 48.1 Å². The van der Waals surface area contributed by atoms with Crippen molar-refractivity contribution >= 4 is 23.4 Å². The van der Waals surface area contributed by atoms with E-state index in [0.29, 0.717) is 17.1 Å². The predicted octanol–water partition coefficient (Wildman–Crippen LogP) is 1.30. The molecule has 5 nitrogen and oxygen atoms in total. The van der Waals surface area contributed by atoms with Gasteiger partial charge in [0.05, 0.1) is 23.7 Å². The molecule has 6 heteroatoms. The minimum Gasteiger partial charge on any atom is -0.395 e. The number of carbonyl (C=O) groups is 2. The highest BCUT2D eigenvalue weighted by molar-refractivity contribution is 6.33. The summed E-state index contributed by atoms with van der Waals surface area (Å²) >= 11 is 5.91. The molecule has 0 saturated heterocycles. The summed E-state index contributed by atoms with van der Waals surface area (Å²) in [5, 5.41) is 11.8. The Bertz CT molecular complexity index is 459. The lowest BCUT2D eigenvalue weighted by molar-refractivity contribution is -0.130. The summed E-state index contributed by atoms with van der Waals surface area (Å²) in [5.41, 5.74) is 0.339. The molecule has 1 aromatic carbocycles. The maximum atomic E-state index is 11.9. The lowest BCUT2D eigenvalue weighted by Gasteiger charge is -2.21. The van der Waals surface area contributed by atoms with Crippen molar-refractivity contribution in [1.82, 2.24) is 10.2 Å². The van der Waals surface area contributed by atoms with Crippen molar-refractivity contribution in [3.8, 4) is 0 Å². The Morgan fingerprint density at radius 1 is 1.30 bits per heavy atom. The van der Waals surface area contributed by atoms with E-state index in [1.54, 1.807) is 24.3 Å². The van der Waals surface area contributed by atoms with Crippen molar-refractivity contribution in [3.63, 3.8) is 0 Å². The first-order chi connectivity index (χ1) is 9.60. The van der Waals surface area contributed by atoms with Crippen LogP contribution in [0.25, 0.3) is 0 Å². The largest absolute Gasteiger partial charge is 0.395 e. The van der Waals surface area contributed by atoms with Gasteiger partial charge in [-0.25, -0.2) is 0 Å². The minimum atomic E-state index is -0.385. The number of hydrogen-bond acceptors (Lipinski definition) is 3. The van der Waals surface area contributed by atoms with E-state index in [0.717, 1.165) is 6.42 Å². The lowest BCUT2D eigenvalue weighted by atomic mass is 10.2. The van der Waals surface area contributed by atoms with Gasteiger partial charge in [0, 0.05) is 13.1 Å². The van der Waals surface area contributed by atoms with Crippen LogP contribution >= 0.6 is 11.6 Å². The summed E-state index contributed by atoms with van der Waals surface area (Å²) in [5.74, 6) is -0.606. The summed E-state index contributed by atoms with van der Waals surface area (Å²) in [6, 6.07) is 6.65.